The maximum atomic E-state index is 11.4. The van der Waals surface area contributed by atoms with Crippen LogP contribution in [0.3, 0.4) is 0 Å². The van der Waals surface area contributed by atoms with E-state index in [4.69, 9.17) is 0 Å². The number of hydrogen-bond acceptors (Lipinski definition) is 5. The van der Waals surface area contributed by atoms with Gasteiger partial charge in [0.2, 0.25) is 0 Å². The molecule has 1 aromatic rings. The number of Topliss-reactive ketones (excluding diaryl/α,β-unsaturated/α-hetero) is 1. The smallest absolute Gasteiger partial charge is 0.163 e. The number of hydrogen-bond donors (Lipinski definition) is 0. The molecule has 17 heavy (non-hydrogen) atoms. The van der Waals surface area contributed by atoms with Gasteiger partial charge < -0.3 is 0 Å². The van der Waals surface area contributed by atoms with Crippen molar-refractivity contribution in [3.05, 3.63) is 23.3 Å². The summed E-state index contributed by atoms with van der Waals surface area (Å²) in [6, 6.07) is 0. The van der Waals surface area contributed by atoms with E-state index < -0.39 is 9.84 Å². The van der Waals surface area contributed by atoms with Crippen LogP contribution in [-0.2, 0) is 9.84 Å². The van der Waals surface area contributed by atoms with Crippen LogP contribution in [0.4, 0.5) is 0 Å². The van der Waals surface area contributed by atoms with Crippen LogP contribution in [-0.4, -0.2) is 35.7 Å². The molecule has 1 saturated heterocycles. The number of ketones is 1. The third-order valence-electron chi connectivity index (χ3n) is 2.97. The van der Waals surface area contributed by atoms with Crippen molar-refractivity contribution < 1.29 is 13.2 Å². The molecule has 1 aliphatic heterocycles. The van der Waals surface area contributed by atoms with E-state index in [-0.39, 0.29) is 23.2 Å². The van der Waals surface area contributed by atoms with Crippen molar-refractivity contribution in [2.75, 3.05) is 11.5 Å². The predicted molar refractivity (Wildman–Crippen MR) is 62.8 cm³/mol. The van der Waals surface area contributed by atoms with Crippen molar-refractivity contribution in [1.82, 2.24) is 9.97 Å². The van der Waals surface area contributed by atoms with Gasteiger partial charge in [-0.25, -0.2) is 18.4 Å². The summed E-state index contributed by atoms with van der Waals surface area (Å²) in [4.78, 5) is 19.6. The van der Waals surface area contributed by atoms with Crippen molar-refractivity contribution in [1.29, 1.82) is 0 Å². The topological polar surface area (TPSA) is 77.0 Å². The Balaban J connectivity index is 2.30. The highest BCUT2D eigenvalue weighted by Crippen LogP contribution is 2.26. The molecule has 0 spiro atoms. The van der Waals surface area contributed by atoms with Gasteiger partial charge in [0.15, 0.2) is 15.6 Å². The van der Waals surface area contributed by atoms with Crippen LogP contribution in [0, 0.1) is 6.92 Å². The number of carbonyl (C=O) groups excluding carboxylic acids is 1. The van der Waals surface area contributed by atoms with Gasteiger partial charge >= 0.3 is 0 Å². The molecule has 0 N–H and O–H groups in total. The first-order chi connectivity index (χ1) is 7.89. The third kappa shape index (κ3) is 2.52. The Bertz CT molecular complexity index is 566. The SMILES string of the molecule is CC(=O)c1cnc(C2CCS(=O)(=O)C2)nc1C. The highest BCUT2D eigenvalue weighted by molar-refractivity contribution is 7.91. The van der Waals surface area contributed by atoms with E-state index in [0.29, 0.717) is 23.5 Å². The normalized spacial score (nSPS) is 22.6. The molecule has 1 fully saturated rings. The Kier molecular flexibility index (Phi) is 2.99. The summed E-state index contributed by atoms with van der Waals surface area (Å²) in [5.41, 5.74) is 1.11. The zero-order valence-corrected chi connectivity index (χ0v) is 10.6. The zero-order chi connectivity index (χ0) is 12.6. The van der Waals surface area contributed by atoms with Crippen LogP contribution in [0.15, 0.2) is 6.20 Å². The molecule has 0 aliphatic carbocycles. The lowest BCUT2D eigenvalue weighted by atomic mass is 10.1. The average Bonchev–Trinajstić information content (AvgIpc) is 2.58. The number of aromatic nitrogens is 2. The summed E-state index contributed by atoms with van der Waals surface area (Å²) in [6.45, 7) is 3.21. The Labute approximate surface area is 100 Å². The standard InChI is InChI=1S/C11H14N2O3S/c1-7-10(8(2)14)5-12-11(13-7)9-3-4-17(15,16)6-9/h5,9H,3-4,6H2,1-2H3. The van der Waals surface area contributed by atoms with Crippen LogP contribution in [0.2, 0.25) is 0 Å². The lowest BCUT2D eigenvalue weighted by molar-refractivity contribution is 0.101. The fraction of sp³-hybridized carbons (Fsp3) is 0.545. The van der Waals surface area contributed by atoms with Crippen LogP contribution < -0.4 is 0 Å². The maximum absolute atomic E-state index is 11.4. The number of nitrogens with zero attached hydrogens (tertiary/aromatic N) is 2. The predicted octanol–water partition coefficient (Wildman–Crippen LogP) is 0.890. The number of sulfone groups is 1. The van der Waals surface area contributed by atoms with E-state index in [9.17, 15) is 13.2 Å². The molecule has 1 aromatic heterocycles. The fourth-order valence-electron chi connectivity index (χ4n) is 2.03. The van der Waals surface area contributed by atoms with Gasteiger partial charge in [-0.05, 0) is 20.3 Å². The maximum Gasteiger partial charge on any atom is 0.163 e. The van der Waals surface area contributed by atoms with Crippen LogP contribution in [0.25, 0.3) is 0 Å². The molecule has 0 bridgehead atoms. The molecule has 2 heterocycles. The monoisotopic (exact) mass is 254 g/mol. The Hall–Kier alpha value is -1.30. The van der Waals surface area contributed by atoms with Crippen molar-refractivity contribution in [3.63, 3.8) is 0 Å². The molecule has 6 heteroatoms. The molecular formula is C11H14N2O3S. The summed E-state index contributed by atoms with van der Waals surface area (Å²) in [6.07, 6.45) is 2.06. The summed E-state index contributed by atoms with van der Waals surface area (Å²) in [7, 11) is -2.93. The first kappa shape index (κ1) is 12.2. The fourth-order valence-corrected chi connectivity index (χ4v) is 3.77. The van der Waals surface area contributed by atoms with Gasteiger partial charge in [-0.15, -0.1) is 0 Å². The molecule has 92 valence electrons. The van der Waals surface area contributed by atoms with Crippen LogP contribution in [0.5, 0.6) is 0 Å². The van der Waals surface area contributed by atoms with Crippen LogP contribution >= 0.6 is 0 Å². The van der Waals surface area contributed by atoms with Crippen molar-refractivity contribution in [3.8, 4) is 0 Å². The Morgan fingerprint density at radius 2 is 2.18 bits per heavy atom. The Morgan fingerprint density at radius 1 is 1.47 bits per heavy atom. The molecule has 0 amide bonds. The second-order valence-electron chi connectivity index (χ2n) is 4.38. The lowest BCUT2D eigenvalue weighted by Gasteiger charge is -2.08. The first-order valence-corrected chi connectivity index (χ1v) is 7.26. The van der Waals surface area contributed by atoms with E-state index in [1.54, 1.807) is 6.92 Å². The minimum Gasteiger partial charge on any atom is -0.294 e. The van der Waals surface area contributed by atoms with Gasteiger partial charge in [-0.3, -0.25) is 4.79 Å². The van der Waals surface area contributed by atoms with Crippen molar-refractivity contribution >= 4 is 15.6 Å². The van der Waals surface area contributed by atoms with Gasteiger partial charge in [0, 0.05) is 12.1 Å². The molecule has 1 aliphatic rings. The quantitative estimate of drug-likeness (QED) is 0.732. The summed E-state index contributed by atoms with van der Waals surface area (Å²) >= 11 is 0. The average molecular weight is 254 g/mol. The van der Waals surface area contributed by atoms with E-state index in [1.165, 1.54) is 13.1 Å². The van der Waals surface area contributed by atoms with E-state index >= 15 is 0 Å². The second-order valence-corrected chi connectivity index (χ2v) is 6.61. The highest BCUT2D eigenvalue weighted by Gasteiger charge is 2.31. The second kappa shape index (κ2) is 4.18. The lowest BCUT2D eigenvalue weighted by Crippen LogP contribution is -2.10. The number of carbonyl (C=O) groups is 1. The van der Waals surface area contributed by atoms with Crippen LogP contribution in [0.1, 0.15) is 41.1 Å². The highest BCUT2D eigenvalue weighted by atomic mass is 32.2. The molecular weight excluding hydrogens is 240 g/mol. The molecule has 0 aromatic carbocycles. The minimum atomic E-state index is -2.93. The van der Waals surface area contributed by atoms with E-state index in [0.717, 1.165) is 0 Å². The number of rotatable bonds is 2. The zero-order valence-electron chi connectivity index (χ0n) is 9.80. The molecule has 2 rings (SSSR count). The largest absolute Gasteiger partial charge is 0.294 e. The van der Waals surface area contributed by atoms with E-state index in [1.807, 2.05) is 0 Å². The molecule has 0 saturated carbocycles. The Morgan fingerprint density at radius 3 is 2.65 bits per heavy atom. The van der Waals surface area contributed by atoms with Gasteiger partial charge in [0.25, 0.3) is 0 Å². The van der Waals surface area contributed by atoms with Gasteiger partial charge in [-0.1, -0.05) is 0 Å². The van der Waals surface area contributed by atoms with Gasteiger partial charge in [0.1, 0.15) is 5.82 Å². The van der Waals surface area contributed by atoms with Crippen molar-refractivity contribution in [2.24, 2.45) is 0 Å². The number of aryl methyl sites for hydroxylation is 1. The third-order valence-corrected chi connectivity index (χ3v) is 4.74. The first-order valence-electron chi connectivity index (χ1n) is 5.44. The van der Waals surface area contributed by atoms with Gasteiger partial charge in [0.05, 0.1) is 22.8 Å². The molecule has 0 radical (unpaired) electrons. The summed E-state index contributed by atoms with van der Waals surface area (Å²) < 4.78 is 22.7. The van der Waals surface area contributed by atoms with E-state index in [2.05, 4.69) is 9.97 Å². The molecule has 5 nitrogen and oxygen atoms in total. The minimum absolute atomic E-state index is 0.0758. The van der Waals surface area contributed by atoms with Gasteiger partial charge in [-0.2, -0.15) is 0 Å². The molecule has 1 unspecified atom stereocenters. The molecule has 1 atom stereocenters. The summed E-state index contributed by atoms with van der Waals surface area (Å²) in [5.74, 6) is 0.654. The summed E-state index contributed by atoms with van der Waals surface area (Å²) in [5, 5.41) is 0. The van der Waals surface area contributed by atoms with Crippen molar-refractivity contribution in [2.45, 2.75) is 26.2 Å².